The summed E-state index contributed by atoms with van der Waals surface area (Å²) in [7, 11) is 1.44. The fourth-order valence-electron chi connectivity index (χ4n) is 3.29. The van der Waals surface area contributed by atoms with Gasteiger partial charge in [0.25, 0.3) is 5.56 Å². The number of rotatable bonds is 11. The number of hydrogen-bond acceptors (Lipinski definition) is 6. The molecule has 0 amide bonds. The van der Waals surface area contributed by atoms with Crippen molar-refractivity contribution in [1.29, 1.82) is 5.26 Å². The van der Waals surface area contributed by atoms with Crippen molar-refractivity contribution in [3.63, 3.8) is 0 Å². The van der Waals surface area contributed by atoms with Crippen molar-refractivity contribution < 1.29 is 19.4 Å². The molecule has 1 heterocycles. The van der Waals surface area contributed by atoms with E-state index in [2.05, 4.69) is 6.92 Å². The molecule has 0 saturated carbocycles. The molecule has 2 rings (SSSR count). The highest BCUT2D eigenvalue weighted by molar-refractivity contribution is 6.38. The fourth-order valence-corrected chi connectivity index (χ4v) is 3.89. The number of ether oxygens (including phenoxy) is 2. The molecule has 0 fully saturated rings. The van der Waals surface area contributed by atoms with Crippen molar-refractivity contribution >= 4 is 29.0 Å². The number of aromatic nitrogens is 1. The average Bonchev–Trinajstić information content (AvgIpc) is 2.75. The number of nitrogens with zero attached hydrogens (tertiary/aromatic N) is 2. The Kier molecular flexibility index (Phi) is 9.58. The number of carbonyl (C=O) groups is 1. The predicted octanol–water partition coefficient (Wildman–Crippen LogP) is 4.88. The van der Waals surface area contributed by atoms with E-state index in [-0.39, 0.29) is 51.2 Å². The molecular weight excluding hydrogens is 455 g/mol. The van der Waals surface area contributed by atoms with Crippen LogP contribution in [0.2, 0.25) is 10.0 Å². The maximum atomic E-state index is 13.3. The van der Waals surface area contributed by atoms with Crippen LogP contribution in [0.5, 0.6) is 11.6 Å². The van der Waals surface area contributed by atoms with Crippen LogP contribution in [-0.2, 0) is 11.3 Å². The number of methoxy groups -OCH3 is 1. The molecule has 0 aliphatic rings. The summed E-state index contributed by atoms with van der Waals surface area (Å²) in [5.41, 5.74) is -0.919. The monoisotopic (exact) mass is 480 g/mol. The lowest BCUT2D eigenvalue weighted by molar-refractivity contribution is 0.103. The number of halogens is 2. The van der Waals surface area contributed by atoms with E-state index in [9.17, 15) is 20.0 Å². The van der Waals surface area contributed by atoms with Crippen LogP contribution < -0.4 is 10.3 Å². The van der Waals surface area contributed by atoms with Gasteiger partial charge in [0.05, 0.1) is 35.4 Å². The molecule has 2 aromatic rings. The Bertz CT molecular complexity index is 1070. The highest BCUT2D eigenvalue weighted by Gasteiger charge is 2.26. The van der Waals surface area contributed by atoms with Crippen LogP contribution in [0, 0.1) is 18.3 Å². The third-order valence-corrected chi connectivity index (χ3v) is 5.61. The molecular formula is C23H26Cl2N2O5. The summed E-state index contributed by atoms with van der Waals surface area (Å²) in [6.45, 7) is 4.08. The minimum absolute atomic E-state index is 0.0251. The quantitative estimate of drug-likeness (QED) is 0.363. The molecule has 0 spiro atoms. The minimum Gasteiger partial charge on any atom is -0.494 e. The number of unbranched alkanes of at least 4 members (excludes halogenated alkanes) is 3. The van der Waals surface area contributed by atoms with Gasteiger partial charge >= 0.3 is 0 Å². The van der Waals surface area contributed by atoms with Gasteiger partial charge in [0.15, 0.2) is 11.5 Å². The Morgan fingerprint density at radius 3 is 2.41 bits per heavy atom. The summed E-state index contributed by atoms with van der Waals surface area (Å²) in [5, 5.41) is 20.4. The van der Waals surface area contributed by atoms with E-state index in [0.717, 1.165) is 30.3 Å². The van der Waals surface area contributed by atoms with E-state index in [4.69, 9.17) is 32.7 Å². The fraction of sp³-hybridized carbons (Fsp3) is 0.435. The van der Waals surface area contributed by atoms with Crippen LogP contribution in [-0.4, -0.2) is 35.8 Å². The first-order valence-electron chi connectivity index (χ1n) is 10.3. The summed E-state index contributed by atoms with van der Waals surface area (Å²) in [5.74, 6) is -0.886. The van der Waals surface area contributed by atoms with Gasteiger partial charge in [-0.25, -0.2) is 0 Å². The minimum atomic E-state index is -0.695. The second kappa shape index (κ2) is 11.9. The normalized spacial score (nSPS) is 10.8. The van der Waals surface area contributed by atoms with E-state index < -0.39 is 17.2 Å². The van der Waals surface area contributed by atoms with E-state index in [1.807, 2.05) is 6.07 Å². The average molecular weight is 481 g/mol. The summed E-state index contributed by atoms with van der Waals surface area (Å²) >= 11 is 12.6. The lowest BCUT2D eigenvalue weighted by Crippen LogP contribution is -2.28. The molecule has 0 aliphatic heterocycles. The van der Waals surface area contributed by atoms with Crippen LogP contribution in [0.25, 0.3) is 0 Å². The largest absolute Gasteiger partial charge is 0.494 e. The standard InChI is InChI=1S/C23H26Cl2N2O5/c1-4-5-6-7-9-32-21-17(24)11-15(12-18(21)25)20(28)19-14(2)16(13-26)22(29)27(23(19)30)8-10-31-3/h11-12,30H,4-10H2,1-3H3. The molecule has 9 heteroatoms. The first-order valence-corrected chi connectivity index (χ1v) is 11.1. The number of benzene rings is 1. The topological polar surface area (TPSA) is 102 Å². The Labute approximate surface area is 197 Å². The van der Waals surface area contributed by atoms with Crippen LogP contribution in [0.4, 0.5) is 0 Å². The molecule has 1 aromatic heterocycles. The van der Waals surface area contributed by atoms with Crippen molar-refractivity contribution in [3.8, 4) is 17.7 Å². The van der Waals surface area contributed by atoms with E-state index in [1.165, 1.54) is 26.2 Å². The summed E-state index contributed by atoms with van der Waals surface area (Å²) < 4.78 is 11.6. The lowest BCUT2D eigenvalue weighted by Gasteiger charge is -2.16. The lowest BCUT2D eigenvalue weighted by atomic mass is 9.97. The maximum absolute atomic E-state index is 13.3. The van der Waals surface area contributed by atoms with Crippen LogP contribution in [0.3, 0.4) is 0 Å². The van der Waals surface area contributed by atoms with Gasteiger partial charge in [-0.1, -0.05) is 49.4 Å². The van der Waals surface area contributed by atoms with E-state index >= 15 is 0 Å². The zero-order chi connectivity index (χ0) is 23.8. The Morgan fingerprint density at radius 1 is 1.19 bits per heavy atom. The molecule has 0 bridgehead atoms. The molecule has 32 heavy (non-hydrogen) atoms. The summed E-state index contributed by atoms with van der Waals surface area (Å²) in [6.07, 6.45) is 4.10. The molecule has 0 aliphatic carbocycles. The van der Waals surface area contributed by atoms with Gasteiger partial charge in [0.1, 0.15) is 11.6 Å². The number of pyridine rings is 1. The Balaban J connectivity index is 2.45. The van der Waals surface area contributed by atoms with Crippen molar-refractivity contribution in [1.82, 2.24) is 4.57 Å². The molecule has 1 N–H and O–H groups in total. The van der Waals surface area contributed by atoms with E-state index in [1.54, 1.807) is 0 Å². The zero-order valence-electron chi connectivity index (χ0n) is 18.3. The highest BCUT2D eigenvalue weighted by Crippen LogP contribution is 2.36. The third-order valence-electron chi connectivity index (χ3n) is 5.05. The number of carbonyl (C=O) groups excluding carboxylic acids is 1. The van der Waals surface area contributed by atoms with Crippen molar-refractivity contribution in [3.05, 3.63) is 54.8 Å². The molecule has 7 nitrogen and oxygen atoms in total. The predicted molar refractivity (Wildman–Crippen MR) is 123 cm³/mol. The number of hydrogen-bond donors (Lipinski definition) is 1. The molecule has 172 valence electrons. The molecule has 0 radical (unpaired) electrons. The van der Waals surface area contributed by atoms with Gasteiger partial charge in [-0.3, -0.25) is 14.2 Å². The van der Waals surface area contributed by atoms with Gasteiger partial charge in [-0.05, 0) is 31.0 Å². The van der Waals surface area contributed by atoms with Gasteiger partial charge in [-0.2, -0.15) is 5.26 Å². The Hall–Kier alpha value is -2.53. The van der Waals surface area contributed by atoms with E-state index in [0.29, 0.717) is 6.61 Å². The van der Waals surface area contributed by atoms with Crippen LogP contribution in [0.1, 0.15) is 59.7 Å². The SMILES string of the molecule is CCCCCCOc1c(Cl)cc(C(=O)c2c(C)c(C#N)c(=O)n(CCOC)c2O)cc1Cl. The molecule has 1 aromatic carbocycles. The second-order valence-corrected chi connectivity index (χ2v) is 8.08. The third kappa shape index (κ3) is 5.63. The van der Waals surface area contributed by atoms with Crippen LogP contribution >= 0.6 is 23.2 Å². The van der Waals surface area contributed by atoms with Gasteiger partial charge < -0.3 is 14.6 Å². The second-order valence-electron chi connectivity index (χ2n) is 7.27. The van der Waals surface area contributed by atoms with Crippen LogP contribution in [0.15, 0.2) is 16.9 Å². The number of aromatic hydroxyl groups is 1. The smallest absolute Gasteiger partial charge is 0.271 e. The molecule has 0 unspecified atom stereocenters. The summed E-state index contributed by atoms with van der Waals surface area (Å²) in [6, 6.07) is 4.61. The maximum Gasteiger partial charge on any atom is 0.271 e. The molecule has 0 atom stereocenters. The van der Waals surface area contributed by atoms with Crippen molar-refractivity contribution in [2.45, 2.75) is 46.1 Å². The number of nitriles is 1. The Morgan fingerprint density at radius 2 is 1.84 bits per heavy atom. The first-order chi connectivity index (χ1) is 15.3. The van der Waals surface area contributed by atoms with Gasteiger partial charge in [-0.15, -0.1) is 0 Å². The number of ketones is 1. The molecule has 0 saturated heterocycles. The highest BCUT2D eigenvalue weighted by atomic mass is 35.5. The van der Waals surface area contributed by atoms with Gasteiger partial charge in [0, 0.05) is 12.7 Å². The first kappa shape index (κ1) is 25.7. The van der Waals surface area contributed by atoms with Crippen molar-refractivity contribution in [2.24, 2.45) is 0 Å². The van der Waals surface area contributed by atoms with Gasteiger partial charge in [0.2, 0.25) is 5.88 Å². The van der Waals surface area contributed by atoms with Crippen molar-refractivity contribution in [2.75, 3.05) is 20.3 Å². The summed E-state index contributed by atoms with van der Waals surface area (Å²) in [4.78, 5) is 25.8. The zero-order valence-corrected chi connectivity index (χ0v) is 19.8.